The van der Waals surface area contributed by atoms with Crippen LogP contribution in [0.1, 0.15) is 36.6 Å². The van der Waals surface area contributed by atoms with Gasteiger partial charge in [0.05, 0.1) is 11.5 Å². The monoisotopic (exact) mass is 303 g/mol. The number of aliphatic hydroxyl groups is 1. The van der Waals surface area contributed by atoms with Crippen LogP contribution in [-0.4, -0.2) is 20.1 Å². The molecule has 1 aliphatic rings. The second kappa shape index (κ2) is 5.91. The Morgan fingerprint density at radius 2 is 2.21 bits per heavy atom. The van der Waals surface area contributed by atoms with E-state index < -0.39 is 10.0 Å². The molecule has 0 amide bonds. The van der Waals surface area contributed by atoms with Crippen molar-refractivity contribution in [3.05, 3.63) is 15.8 Å². The van der Waals surface area contributed by atoms with Gasteiger partial charge in [-0.05, 0) is 42.5 Å². The van der Waals surface area contributed by atoms with Gasteiger partial charge in [0.15, 0.2) is 0 Å². The summed E-state index contributed by atoms with van der Waals surface area (Å²) < 4.78 is 27.3. The smallest absolute Gasteiger partial charge is 0.242 e. The number of rotatable bonds is 5. The van der Waals surface area contributed by atoms with E-state index >= 15 is 0 Å². The molecule has 1 aromatic rings. The molecule has 0 spiro atoms. The van der Waals surface area contributed by atoms with Crippen molar-refractivity contribution >= 4 is 21.4 Å². The molecule has 1 fully saturated rings. The van der Waals surface area contributed by atoms with Gasteiger partial charge in [0.25, 0.3) is 0 Å². The summed E-state index contributed by atoms with van der Waals surface area (Å²) in [6.07, 6.45) is 3.38. The highest BCUT2D eigenvalue weighted by Crippen LogP contribution is 2.31. The van der Waals surface area contributed by atoms with Crippen LogP contribution in [0.25, 0.3) is 0 Å². The Balaban J connectivity index is 2.08. The lowest BCUT2D eigenvalue weighted by Crippen LogP contribution is -2.29. The fourth-order valence-corrected chi connectivity index (χ4v) is 5.54. The summed E-state index contributed by atoms with van der Waals surface area (Å²) in [6.45, 7) is 4.26. The van der Waals surface area contributed by atoms with Crippen LogP contribution >= 0.6 is 11.3 Å². The predicted molar refractivity (Wildman–Crippen MR) is 76.7 cm³/mol. The van der Waals surface area contributed by atoms with E-state index in [9.17, 15) is 13.5 Å². The van der Waals surface area contributed by atoms with Crippen LogP contribution in [0.4, 0.5) is 0 Å². The molecule has 1 heterocycles. The molecule has 0 saturated heterocycles. The maximum absolute atomic E-state index is 12.3. The molecule has 0 aromatic carbocycles. The van der Waals surface area contributed by atoms with Crippen LogP contribution in [0.5, 0.6) is 0 Å². The third-order valence-electron chi connectivity index (χ3n) is 3.77. The Labute approximate surface area is 118 Å². The Hall–Kier alpha value is -0.430. The van der Waals surface area contributed by atoms with Gasteiger partial charge in [0, 0.05) is 6.54 Å². The lowest BCUT2D eigenvalue weighted by molar-refractivity contribution is 0.282. The van der Waals surface area contributed by atoms with Gasteiger partial charge in [0.1, 0.15) is 4.90 Å². The van der Waals surface area contributed by atoms with E-state index in [-0.39, 0.29) is 11.5 Å². The minimum Gasteiger partial charge on any atom is -0.391 e. The van der Waals surface area contributed by atoms with Gasteiger partial charge in [-0.1, -0.05) is 13.3 Å². The summed E-state index contributed by atoms with van der Waals surface area (Å²) in [7, 11) is -3.49. The zero-order chi connectivity index (χ0) is 14.0. The SMILES string of the molecule is Cc1csc(CO)c1S(=O)(=O)NCC1CCC(C)C1. The van der Waals surface area contributed by atoms with Crippen molar-refractivity contribution in [1.82, 2.24) is 4.72 Å². The fourth-order valence-electron chi connectivity index (χ4n) is 2.77. The second-order valence-corrected chi connectivity index (χ2v) is 8.13. The molecule has 2 unspecified atom stereocenters. The fraction of sp³-hybridized carbons (Fsp3) is 0.692. The molecule has 108 valence electrons. The molecule has 0 radical (unpaired) electrons. The van der Waals surface area contributed by atoms with Crippen molar-refractivity contribution < 1.29 is 13.5 Å². The molecule has 4 nitrogen and oxygen atoms in total. The normalized spacial score (nSPS) is 23.9. The molecule has 0 bridgehead atoms. The van der Waals surface area contributed by atoms with Gasteiger partial charge in [-0.15, -0.1) is 11.3 Å². The van der Waals surface area contributed by atoms with Crippen LogP contribution in [0.15, 0.2) is 10.3 Å². The van der Waals surface area contributed by atoms with Crippen LogP contribution in [0, 0.1) is 18.8 Å². The zero-order valence-corrected chi connectivity index (χ0v) is 13.0. The molecule has 1 aromatic heterocycles. The molecule has 2 atom stereocenters. The lowest BCUT2D eigenvalue weighted by Gasteiger charge is -2.12. The number of hydrogen-bond acceptors (Lipinski definition) is 4. The first-order valence-corrected chi connectivity index (χ1v) is 8.97. The van der Waals surface area contributed by atoms with E-state index in [1.165, 1.54) is 17.8 Å². The van der Waals surface area contributed by atoms with Gasteiger partial charge in [-0.2, -0.15) is 0 Å². The van der Waals surface area contributed by atoms with E-state index in [2.05, 4.69) is 11.6 Å². The summed E-state index contributed by atoms with van der Waals surface area (Å²) >= 11 is 1.29. The van der Waals surface area contributed by atoms with E-state index in [4.69, 9.17) is 0 Å². The molecule has 6 heteroatoms. The zero-order valence-electron chi connectivity index (χ0n) is 11.3. The number of hydrogen-bond donors (Lipinski definition) is 2. The minimum atomic E-state index is -3.49. The Morgan fingerprint density at radius 3 is 2.79 bits per heavy atom. The summed E-state index contributed by atoms with van der Waals surface area (Å²) in [5.41, 5.74) is 0.710. The Morgan fingerprint density at radius 1 is 1.47 bits per heavy atom. The average molecular weight is 303 g/mol. The number of nitrogens with one attached hydrogen (secondary N) is 1. The lowest BCUT2D eigenvalue weighted by atomic mass is 10.1. The number of aryl methyl sites for hydroxylation is 1. The highest BCUT2D eigenvalue weighted by molar-refractivity contribution is 7.89. The largest absolute Gasteiger partial charge is 0.391 e. The van der Waals surface area contributed by atoms with E-state index in [1.807, 2.05) is 0 Å². The van der Waals surface area contributed by atoms with Gasteiger partial charge in [-0.3, -0.25) is 0 Å². The van der Waals surface area contributed by atoms with Gasteiger partial charge >= 0.3 is 0 Å². The molecule has 1 aliphatic carbocycles. The maximum atomic E-state index is 12.3. The number of thiophene rings is 1. The third kappa shape index (κ3) is 3.37. The summed E-state index contributed by atoms with van der Waals surface area (Å²) in [5, 5.41) is 11.0. The Bertz CT molecular complexity index is 536. The first-order valence-electron chi connectivity index (χ1n) is 6.61. The first kappa shape index (κ1) is 15.0. The first-order chi connectivity index (χ1) is 8.94. The quantitative estimate of drug-likeness (QED) is 0.877. The van der Waals surface area contributed by atoms with Crippen molar-refractivity contribution in [2.45, 2.75) is 44.6 Å². The van der Waals surface area contributed by atoms with Crippen molar-refractivity contribution in [3.8, 4) is 0 Å². The van der Waals surface area contributed by atoms with E-state index in [0.717, 1.165) is 12.8 Å². The topological polar surface area (TPSA) is 66.4 Å². The third-order valence-corrected chi connectivity index (χ3v) is 6.64. The second-order valence-electron chi connectivity index (χ2n) is 5.47. The number of sulfonamides is 1. The molecular formula is C13H21NO3S2. The van der Waals surface area contributed by atoms with Gasteiger partial charge in [0.2, 0.25) is 10.0 Å². The van der Waals surface area contributed by atoms with Crippen molar-refractivity contribution in [3.63, 3.8) is 0 Å². The van der Waals surface area contributed by atoms with Gasteiger partial charge < -0.3 is 5.11 Å². The summed E-state index contributed by atoms with van der Waals surface area (Å²) in [4.78, 5) is 0.788. The molecule has 0 aliphatic heterocycles. The molecule has 2 N–H and O–H groups in total. The predicted octanol–water partition coefficient (Wildman–Crippen LogP) is 2.26. The van der Waals surface area contributed by atoms with Crippen LogP contribution in [0.3, 0.4) is 0 Å². The highest BCUT2D eigenvalue weighted by atomic mass is 32.2. The minimum absolute atomic E-state index is 0.227. The van der Waals surface area contributed by atoms with Crippen LogP contribution < -0.4 is 4.72 Å². The summed E-state index contributed by atoms with van der Waals surface area (Å²) in [5.74, 6) is 1.15. The molecule has 19 heavy (non-hydrogen) atoms. The average Bonchev–Trinajstić information content (AvgIpc) is 2.93. The summed E-state index contributed by atoms with van der Waals surface area (Å²) in [6, 6.07) is 0. The van der Waals surface area contributed by atoms with Crippen LogP contribution in [-0.2, 0) is 16.6 Å². The van der Waals surface area contributed by atoms with E-state index in [0.29, 0.717) is 28.8 Å². The molecular weight excluding hydrogens is 282 g/mol. The number of aliphatic hydroxyl groups excluding tert-OH is 1. The highest BCUT2D eigenvalue weighted by Gasteiger charge is 2.26. The maximum Gasteiger partial charge on any atom is 0.242 e. The van der Waals surface area contributed by atoms with E-state index in [1.54, 1.807) is 12.3 Å². The van der Waals surface area contributed by atoms with Crippen LogP contribution in [0.2, 0.25) is 0 Å². The van der Waals surface area contributed by atoms with Crippen molar-refractivity contribution in [1.29, 1.82) is 0 Å². The van der Waals surface area contributed by atoms with Crippen molar-refractivity contribution in [2.24, 2.45) is 11.8 Å². The molecule has 2 rings (SSSR count). The Kier molecular flexibility index (Phi) is 4.66. The molecule has 1 saturated carbocycles. The van der Waals surface area contributed by atoms with Gasteiger partial charge in [-0.25, -0.2) is 13.1 Å². The van der Waals surface area contributed by atoms with Crippen molar-refractivity contribution in [2.75, 3.05) is 6.54 Å². The standard InChI is InChI=1S/C13H21NO3S2/c1-9-3-4-11(5-9)6-14-19(16,17)13-10(2)8-18-12(13)7-15/h8-9,11,14-15H,3-7H2,1-2H3.